The fourth-order valence-corrected chi connectivity index (χ4v) is 5.30. The van der Waals surface area contributed by atoms with E-state index in [1.54, 1.807) is 13.0 Å². The van der Waals surface area contributed by atoms with Crippen LogP contribution in [0.4, 0.5) is 0 Å². The normalized spacial score (nSPS) is 13.4. The first kappa shape index (κ1) is 19.6. The fraction of sp³-hybridized carbons (Fsp3) is 0.200. The van der Waals surface area contributed by atoms with E-state index < -0.39 is 10.0 Å². The fourth-order valence-electron chi connectivity index (χ4n) is 3.99. The molecule has 29 heavy (non-hydrogen) atoms. The van der Waals surface area contributed by atoms with Gasteiger partial charge in [-0.25, -0.2) is 13.1 Å². The van der Waals surface area contributed by atoms with Gasteiger partial charge in [-0.05, 0) is 70.9 Å². The first-order chi connectivity index (χ1) is 14.0. The Hall–Kier alpha value is -2.69. The highest BCUT2D eigenvalue weighted by atomic mass is 32.2. The maximum Gasteiger partial charge on any atom is 0.241 e. The zero-order valence-corrected chi connectivity index (χ0v) is 17.6. The third-order valence-electron chi connectivity index (χ3n) is 5.37. The molecule has 0 radical (unpaired) electrons. The Morgan fingerprint density at radius 3 is 2.07 bits per heavy atom. The quantitative estimate of drug-likeness (QED) is 0.668. The van der Waals surface area contributed by atoms with E-state index in [9.17, 15) is 8.42 Å². The SMILES string of the molecule is CCNS(=O)(=O)c1cc(C)ccc1C=C1c2ccccc2CCc2ccccc21. The van der Waals surface area contributed by atoms with E-state index in [-0.39, 0.29) is 0 Å². The van der Waals surface area contributed by atoms with Crippen LogP contribution < -0.4 is 4.72 Å². The second-order valence-corrected chi connectivity index (χ2v) is 9.15. The molecule has 0 atom stereocenters. The van der Waals surface area contributed by atoms with Crippen molar-refractivity contribution in [2.24, 2.45) is 0 Å². The topological polar surface area (TPSA) is 46.2 Å². The monoisotopic (exact) mass is 403 g/mol. The number of hydrogen-bond donors (Lipinski definition) is 1. The van der Waals surface area contributed by atoms with Crippen molar-refractivity contribution in [3.63, 3.8) is 0 Å². The van der Waals surface area contributed by atoms with Gasteiger partial charge >= 0.3 is 0 Å². The molecule has 0 unspecified atom stereocenters. The van der Waals surface area contributed by atoms with Gasteiger partial charge in [0.2, 0.25) is 10.0 Å². The first-order valence-electron chi connectivity index (χ1n) is 9.98. The van der Waals surface area contributed by atoms with Gasteiger partial charge in [0.05, 0.1) is 4.90 Å². The zero-order chi connectivity index (χ0) is 20.4. The lowest BCUT2D eigenvalue weighted by atomic mass is 9.92. The van der Waals surface area contributed by atoms with E-state index in [2.05, 4.69) is 41.1 Å². The lowest BCUT2D eigenvalue weighted by Gasteiger charge is -2.14. The molecule has 3 aromatic carbocycles. The number of nitrogens with one attached hydrogen (secondary N) is 1. The highest BCUT2D eigenvalue weighted by Gasteiger charge is 2.21. The summed E-state index contributed by atoms with van der Waals surface area (Å²) in [6.45, 7) is 4.07. The Morgan fingerprint density at radius 1 is 0.897 bits per heavy atom. The lowest BCUT2D eigenvalue weighted by molar-refractivity contribution is 0.583. The highest BCUT2D eigenvalue weighted by molar-refractivity contribution is 7.89. The Morgan fingerprint density at radius 2 is 1.48 bits per heavy atom. The van der Waals surface area contributed by atoms with Crippen molar-refractivity contribution < 1.29 is 8.42 Å². The van der Waals surface area contributed by atoms with E-state index in [4.69, 9.17) is 0 Å². The molecule has 0 saturated heterocycles. The standard InChI is InChI=1S/C25H25NO2S/c1-3-26-29(27,28)25-16-18(2)12-13-21(25)17-24-22-10-6-4-8-19(22)14-15-20-9-5-7-11-23(20)24/h4-13,16-17,26H,3,14-15H2,1-2H3. The molecule has 0 heterocycles. The van der Waals surface area contributed by atoms with Gasteiger partial charge in [0.1, 0.15) is 0 Å². The average Bonchev–Trinajstić information content (AvgIpc) is 2.87. The molecule has 0 saturated carbocycles. The predicted molar refractivity (Wildman–Crippen MR) is 119 cm³/mol. The van der Waals surface area contributed by atoms with Gasteiger partial charge in [0.25, 0.3) is 0 Å². The number of rotatable bonds is 4. The molecule has 4 heteroatoms. The van der Waals surface area contributed by atoms with Crippen LogP contribution in [0.5, 0.6) is 0 Å². The van der Waals surface area contributed by atoms with E-state index in [0.717, 1.165) is 24.0 Å². The molecule has 1 N–H and O–H groups in total. The summed E-state index contributed by atoms with van der Waals surface area (Å²) in [5.41, 5.74) is 7.62. The molecule has 3 nitrogen and oxygen atoms in total. The molecule has 1 aliphatic rings. The summed E-state index contributed by atoms with van der Waals surface area (Å²) in [7, 11) is -3.57. The second kappa shape index (κ2) is 7.97. The number of hydrogen-bond acceptors (Lipinski definition) is 2. The molecular weight excluding hydrogens is 378 g/mol. The number of aryl methyl sites for hydroxylation is 3. The van der Waals surface area contributed by atoms with Gasteiger partial charge in [-0.1, -0.05) is 67.6 Å². The van der Waals surface area contributed by atoms with Crippen molar-refractivity contribution in [2.75, 3.05) is 6.54 Å². The molecule has 3 aromatic rings. The number of sulfonamides is 1. The van der Waals surface area contributed by atoms with Crippen molar-refractivity contribution >= 4 is 21.7 Å². The maximum atomic E-state index is 12.9. The van der Waals surface area contributed by atoms with Crippen LogP contribution in [0.1, 0.15) is 40.3 Å². The van der Waals surface area contributed by atoms with Gasteiger partial charge < -0.3 is 0 Å². The second-order valence-electron chi connectivity index (χ2n) is 7.41. The smallest absolute Gasteiger partial charge is 0.211 e. The van der Waals surface area contributed by atoms with Crippen molar-refractivity contribution in [3.05, 3.63) is 100 Å². The summed E-state index contributed by atoms with van der Waals surface area (Å²) < 4.78 is 28.4. The van der Waals surface area contributed by atoms with E-state index in [1.165, 1.54) is 22.3 Å². The van der Waals surface area contributed by atoms with Crippen molar-refractivity contribution in [1.82, 2.24) is 4.72 Å². The Kier molecular flexibility index (Phi) is 5.39. The molecule has 1 aliphatic carbocycles. The van der Waals surface area contributed by atoms with Gasteiger partial charge in [0.15, 0.2) is 0 Å². The van der Waals surface area contributed by atoms with Gasteiger partial charge in [-0.15, -0.1) is 0 Å². The van der Waals surface area contributed by atoms with Crippen LogP contribution in [0, 0.1) is 6.92 Å². The summed E-state index contributed by atoms with van der Waals surface area (Å²) in [4.78, 5) is 0.325. The largest absolute Gasteiger partial charge is 0.241 e. The molecule has 4 rings (SSSR count). The summed E-state index contributed by atoms with van der Waals surface area (Å²) in [5, 5.41) is 0. The summed E-state index contributed by atoms with van der Waals surface area (Å²) in [6.07, 6.45) is 3.98. The molecule has 0 fully saturated rings. The van der Waals surface area contributed by atoms with Crippen LogP contribution in [0.15, 0.2) is 71.6 Å². The third kappa shape index (κ3) is 3.91. The number of fused-ring (bicyclic) bond motifs is 2. The molecule has 148 valence electrons. The van der Waals surface area contributed by atoms with Crippen LogP contribution in [0.25, 0.3) is 11.6 Å². The molecular formula is C25H25NO2S. The predicted octanol–water partition coefficient (Wildman–Crippen LogP) is 4.98. The lowest BCUT2D eigenvalue weighted by Crippen LogP contribution is -2.24. The minimum Gasteiger partial charge on any atom is -0.211 e. The molecule has 0 aromatic heterocycles. The highest BCUT2D eigenvalue weighted by Crippen LogP contribution is 2.35. The van der Waals surface area contributed by atoms with Crippen LogP contribution in [0.3, 0.4) is 0 Å². The van der Waals surface area contributed by atoms with Gasteiger partial charge in [0, 0.05) is 6.54 Å². The van der Waals surface area contributed by atoms with Crippen LogP contribution in [0.2, 0.25) is 0 Å². The minimum atomic E-state index is -3.57. The van der Waals surface area contributed by atoms with Crippen molar-refractivity contribution in [1.29, 1.82) is 0 Å². The van der Waals surface area contributed by atoms with Gasteiger partial charge in [-0.3, -0.25) is 0 Å². The number of benzene rings is 3. The van der Waals surface area contributed by atoms with Gasteiger partial charge in [-0.2, -0.15) is 0 Å². The summed E-state index contributed by atoms with van der Waals surface area (Å²) >= 11 is 0. The molecule has 0 aliphatic heterocycles. The first-order valence-corrected chi connectivity index (χ1v) is 11.5. The van der Waals surface area contributed by atoms with Crippen molar-refractivity contribution in [2.45, 2.75) is 31.6 Å². The van der Waals surface area contributed by atoms with Crippen molar-refractivity contribution in [3.8, 4) is 0 Å². The Balaban J connectivity index is 1.99. The Labute approximate surface area is 173 Å². The average molecular weight is 404 g/mol. The van der Waals surface area contributed by atoms with Crippen LogP contribution in [-0.2, 0) is 22.9 Å². The molecule has 0 bridgehead atoms. The van der Waals surface area contributed by atoms with E-state index >= 15 is 0 Å². The molecule has 0 spiro atoms. The summed E-state index contributed by atoms with van der Waals surface area (Å²) in [5.74, 6) is 0. The zero-order valence-electron chi connectivity index (χ0n) is 16.8. The maximum absolute atomic E-state index is 12.9. The molecule has 0 amide bonds. The van der Waals surface area contributed by atoms with E-state index in [0.29, 0.717) is 17.0 Å². The van der Waals surface area contributed by atoms with Crippen LogP contribution in [-0.4, -0.2) is 15.0 Å². The summed E-state index contributed by atoms with van der Waals surface area (Å²) in [6, 6.07) is 22.5. The van der Waals surface area contributed by atoms with Crippen LogP contribution >= 0.6 is 0 Å². The Bertz CT molecular complexity index is 1140. The third-order valence-corrected chi connectivity index (χ3v) is 6.97. The van der Waals surface area contributed by atoms with E-state index in [1.807, 2.05) is 37.3 Å². The minimum absolute atomic E-state index is 0.325.